The molecule has 0 aromatic rings. The van der Waals surface area contributed by atoms with Gasteiger partial charge in [-0.15, -0.1) is 6.58 Å². The average molecular weight is 166 g/mol. The molecule has 0 aliphatic carbocycles. The van der Waals surface area contributed by atoms with Crippen molar-refractivity contribution in [1.29, 1.82) is 0 Å². The third kappa shape index (κ3) is 1.41. The van der Waals surface area contributed by atoms with E-state index >= 15 is 0 Å². The lowest BCUT2D eigenvalue weighted by molar-refractivity contribution is -0.0144. The maximum atomic E-state index is 3.76. The van der Waals surface area contributed by atoms with E-state index in [2.05, 4.69) is 16.8 Å². The Kier molecular flexibility index (Phi) is 2.20. The van der Waals surface area contributed by atoms with Crippen LogP contribution in [0.2, 0.25) is 0 Å². The number of nitrogens with zero attached hydrogens (tertiary/aromatic N) is 1. The molecule has 0 saturated carbocycles. The molecule has 2 heterocycles. The van der Waals surface area contributed by atoms with Crippen LogP contribution in [0.4, 0.5) is 0 Å². The second kappa shape index (κ2) is 3.19. The molecule has 2 fully saturated rings. The quantitative estimate of drug-likeness (QED) is 0.612. The van der Waals surface area contributed by atoms with Gasteiger partial charge >= 0.3 is 0 Å². The van der Waals surface area contributed by atoms with E-state index in [1.54, 1.807) is 0 Å². The largest absolute Gasteiger partial charge is 0.317 e. The van der Waals surface area contributed by atoms with Crippen LogP contribution in [0.3, 0.4) is 0 Å². The van der Waals surface area contributed by atoms with Crippen molar-refractivity contribution in [3.8, 4) is 0 Å². The van der Waals surface area contributed by atoms with Gasteiger partial charge in [-0.1, -0.05) is 6.08 Å². The molecule has 1 spiro atoms. The Morgan fingerprint density at radius 3 is 2.58 bits per heavy atom. The molecule has 2 aliphatic heterocycles. The van der Waals surface area contributed by atoms with Crippen LogP contribution in [-0.4, -0.2) is 37.6 Å². The fourth-order valence-corrected chi connectivity index (χ4v) is 2.49. The van der Waals surface area contributed by atoms with Crippen molar-refractivity contribution in [2.75, 3.05) is 32.7 Å². The van der Waals surface area contributed by atoms with Gasteiger partial charge in [-0.3, -0.25) is 4.90 Å². The molecule has 1 N–H and O–H groups in total. The average Bonchev–Trinajstić information content (AvgIpc) is 2.04. The second-order valence-electron chi connectivity index (χ2n) is 4.21. The van der Waals surface area contributed by atoms with Crippen molar-refractivity contribution in [3.05, 3.63) is 12.7 Å². The minimum absolute atomic E-state index is 0.689. The van der Waals surface area contributed by atoms with Crippen LogP contribution in [0.1, 0.15) is 12.8 Å². The Balaban J connectivity index is 1.80. The van der Waals surface area contributed by atoms with Gasteiger partial charge in [0.15, 0.2) is 0 Å². The van der Waals surface area contributed by atoms with Gasteiger partial charge in [0.25, 0.3) is 0 Å². The first-order chi connectivity index (χ1) is 5.85. The molecule has 0 bridgehead atoms. The number of rotatable bonds is 2. The maximum absolute atomic E-state index is 3.76. The van der Waals surface area contributed by atoms with Crippen LogP contribution in [0.5, 0.6) is 0 Å². The lowest BCUT2D eigenvalue weighted by atomic mass is 9.72. The van der Waals surface area contributed by atoms with Crippen molar-refractivity contribution >= 4 is 0 Å². The van der Waals surface area contributed by atoms with Crippen LogP contribution in [0, 0.1) is 5.41 Å². The normalized spacial score (nSPS) is 28.3. The Morgan fingerprint density at radius 1 is 1.33 bits per heavy atom. The lowest BCUT2D eigenvalue weighted by Crippen LogP contribution is -2.59. The third-order valence-electron chi connectivity index (χ3n) is 3.17. The monoisotopic (exact) mass is 166 g/mol. The number of likely N-dealkylation sites (tertiary alicyclic amines) is 1. The Hall–Kier alpha value is -0.340. The van der Waals surface area contributed by atoms with E-state index in [-0.39, 0.29) is 0 Å². The van der Waals surface area contributed by atoms with Crippen LogP contribution in [0.25, 0.3) is 0 Å². The van der Waals surface area contributed by atoms with E-state index in [0.717, 1.165) is 6.54 Å². The highest BCUT2D eigenvalue weighted by Crippen LogP contribution is 2.38. The molecule has 2 nitrogen and oxygen atoms in total. The van der Waals surface area contributed by atoms with E-state index in [0.29, 0.717) is 5.41 Å². The van der Waals surface area contributed by atoms with E-state index in [4.69, 9.17) is 0 Å². The zero-order valence-corrected chi connectivity index (χ0v) is 7.68. The van der Waals surface area contributed by atoms with Crippen molar-refractivity contribution < 1.29 is 0 Å². The molecule has 2 aliphatic rings. The lowest BCUT2D eigenvalue weighted by Gasteiger charge is -2.52. The van der Waals surface area contributed by atoms with Crippen molar-refractivity contribution in [3.63, 3.8) is 0 Å². The first-order valence-electron chi connectivity index (χ1n) is 4.89. The second-order valence-corrected chi connectivity index (χ2v) is 4.21. The van der Waals surface area contributed by atoms with Gasteiger partial charge in [0.1, 0.15) is 0 Å². The topological polar surface area (TPSA) is 15.3 Å². The van der Waals surface area contributed by atoms with Crippen molar-refractivity contribution in [2.24, 2.45) is 5.41 Å². The highest BCUT2D eigenvalue weighted by atomic mass is 15.2. The van der Waals surface area contributed by atoms with Gasteiger partial charge in [0.2, 0.25) is 0 Å². The first-order valence-corrected chi connectivity index (χ1v) is 4.89. The summed E-state index contributed by atoms with van der Waals surface area (Å²) in [7, 11) is 0. The summed E-state index contributed by atoms with van der Waals surface area (Å²) in [5, 5.41) is 3.42. The van der Waals surface area contributed by atoms with E-state index in [1.807, 2.05) is 6.08 Å². The number of piperidine rings is 1. The molecule has 0 amide bonds. The first kappa shape index (κ1) is 8.27. The maximum Gasteiger partial charge on any atom is 0.0161 e. The summed E-state index contributed by atoms with van der Waals surface area (Å²) in [6.45, 7) is 9.90. The van der Waals surface area contributed by atoms with Crippen molar-refractivity contribution in [2.45, 2.75) is 12.8 Å². The molecule has 12 heavy (non-hydrogen) atoms. The molecular weight excluding hydrogens is 148 g/mol. The number of nitrogens with one attached hydrogen (secondary N) is 1. The minimum atomic E-state index is 0.689. The molecule has 2 saturated heterocycles. The molecule has 2 heteroatoms. The SMILES string of the molecule is C=CCN1CC2(CCNCC2)C1. The van der Waals surface area contributed by atoms with Crippen LogP contribution >= 0.6 is 0 Å². The summed E-state index contributed by atoms with van der Waals surface area (Å²) >= 11 is 0. The van der Waals surface area contributed by atoms with Gasteiger partial charge in [-0.2, -0.15) is 0 Å². The summed E-state index contributed by atoms with van der Waals surface area (Å²) in [5.41, 5.74) is 0.689. The van der Waals surface area contributed by atoms with Gasteiger partial charge in [-0.25, -0.2) is 0 Å². The predicted octanol–water partition coefficient (Wildman–Crippen LogP) is 0.858. The van der Waals surface area contributed by atoms with Gasteiger partial charge in [0.05, 0.1) is 0 Å². The molecule has 68 valence electrons. The van der Waals surface area contributed by atoms with Gasteiger partial charge in [0, 0.05) is 19.6 Å². The number of hydrogen-bond acceptors (Lipinski definition) is 2. The Morgan fingerprint density at radius 2 is 2.00 bits per heavy atom. The van der Waals surface area contributed by atoms with Gasteiger partial charge < -0.3 is 5.32 Å². The summed E-state index contributed by atoms with van der Waals surface area (Å²) in [6.07, 6.45) is 4.76. The summed E-state index contributed by atoms with van der Waals surface area (Å²) < 4.78 is 0. The minimum Gasteiger partial charge on any atom is -0.317 e. The smallest absolute Gasteiger partial charge is 0.0161 e. The zero-order chi connectivity index (χ0) is 8.44. The number of hydrogen-bond donors (Lipinski definition) is 1. The molecule has 0 aromatic heterocycles. The third-order valence-corrected chi connectivity index (χ3v) is 3.17. The van der Waals surface area contributed by atoms with Crippen LogP contribution < -0.4 is 5.32 Å². The predicted molar refractivity (Wildman–Crippen MR) is 51.2 cm³/mol. The standard InChI is InChI=1S/C10H18N2/c1-2-7-12-8-10(9-12)3-5-11-6-4-10/h2,11H,1,3-9H2. The molecule has 0 radical (unpaired) electrons. The molecular formula is C10H18N2. The summed E-state index contributed by atoms with van der Waals surface area (Å²) in [6, 6.07) is 0. The molecule has 0 aromatic carbocycles. The highest BCUT2D eigenvalue weighted by molar-refractivity contribution is 4.98. The fourth-order valence-electron chi connectivity index (χ4n) is 2.49. The van der Waals surface area contributed by atoms with E-state index in [9.17, 15) is 0 Å². The van der Waals surface area contributed by atoms with Crippen molar-refractivity contribution in [1.82, 2.24) is 10.2 Å². The van der Waals surface area contributed by atoms with Crippen LogP contribution in [-0.2, 0) is 0 Å². The molecule has 2 rings (SSSR count). The van der Waals surface area contributed by atoms with E-state index < -0.39 is 0 Å². The Labute approximate surface area is 74.6 Å². The molecule has 0 atom stereocenters. The summed E-state index contributed by atoms with van der Waals surface area (Å²) in [5.74, 6) is 0. The Bertz CT molecular complexity index is 163. The van der Waals surface area contributed by atoms with E-state index in [1.165, 1.54) is 39.0 Å². The van der Waals surface area contributed by atoms with Crippen LogP contribution in [0.15, 0.2) is 12.7 Å². The summed E-state index contributed by atoms with van der Waals surface area (Å²) in [4.78, 5) is 2.48. The molecule has 0 unspecified atom stereocenters. The fraction of sp³-hybridized carbons (Fsp3) is 0.800. The van der Waals surface area contributed by atoms with Gasteiger partial charge in [-0.05, 0) is 31.3 Å². The zero-order valence-electron chi connectivity index (χ0n) is 7.68. The highest BCUT2D eigenvalue weighted by Gasteiger charge is 2.42.